The number of aliphatic hydroxyl groups is 1. The monoisotopic (exact) mass is 344 g/mol. The fraction of sp³-hybridized carbons (Fsp3) is 0.500. The maximum Gasteiger partial charge on any atom is 0.290 e. The molecular weight excluding hydrogens is 316 g/mol. The van der Waals surface area contributed by atoms with Gasteiger partial charge >= 0.3 is 0 Å². The highest BCUT2D eigenvalue weighted by Gasteiger charge is 2.41. The molecule has 0 fully saturated rings. The molecule has 0 aromatic heterocycles. The maximum absolute atomic E-state index is 12.4. The molecule has 1 atom stereocenters. The lowest BCUT2D eigenvalue weighted by atomic mass is 9.96. The van der Waals surface area contributed by atoms with Crippen molar-refractivity contribution in [1.29, 1.82) is 0 Å². The zero-order valence-corrected chi connectivity index (χ0v) is 15.6. The molecule has 5 nitrogen and oxygen atoms in total. The molecule has 0 saturated carbocycles. The van der Waals surface area contributed by atoms with Gasteiger partial charge in [0.25, 0.3) is 5.91 Å². The first-order valence-electron chi connectivity index (χ1n) is 9.06. The van der Waals surface area contributed by atoms with Gasteiger partial charge in [0.15, 0.2) is 11.5 Å². The van der Waals surface area contributed by atoms with Crippen LogP contribution in [0, 0.1) is 0 Å². The first kappa shape index (κ1) is 19.0. The van der Waals surface area contributed by atoms with E-state index in [2.05, 4.69) is 18.7 Å². The number of hydrogen-bond acceptors (Lipinski definition) is 4. The normalized spacial score (nSPS) is 17.4. The number of aliphatic hydroxyl groups excluding tert-OH is 1. The number of Topliss-reactive ketones (excluding diaryl/α,β-unsaturated/α-hetero) is 1. The van der Waals surface area contributed by atoms with E-state index in [0.29, 0.717) is 6.54 Å². The zero-order valence-electron chi connectivity index (χ0n) is 15.6. The van der Waals surface area contributed by atoms with Gasteiger partial charge in [-0.05, 0) is 44.9 Å². The summed E-state index contributed by atoms with van der Waals surface area (Å²) in [6.07, 6.45) is 1.77. The van der Waals surface area contributed by atoms with Crippen LogP contribution in [0.5, 0.6) is 0 Å². The summed E-state index contributed by atoms with van der Waals surface area (Å²) >= 11 is 0. The molecule has 1 aromatic rings. The van der Waals surface area contributed by atoms with Gasteiger partial charge in [-0.2, -0.15) is 0 Å². The van der Waals surface area contributed by atoms with Crippen molar-refractivity contribution in [2.75, 3.05) is 24.5 Å². The minimum absolute atomic E-state index is 0.205. The molecule has 2 rings (SSSR count). The van der Waals surface area contributed by atoms with Crippen LogP contribution in [0.3, 0.4) is 0 Å². The Hall–Kier alpha value is -2.30. The predicted octanol–water partition coefficient (Wildman–Crippen LogP) is 3.62. The molecule has 1 aromatic carbocycles. The Morgan fingerprint density at radius 2 is 1.76 bits per heavy atom. The van der Waals surface area contributed by atoms with Crippen molar-refractivity contribution >= 4 is 17.4 Å². The lowest BCUT2D eigenvalue weighted by Crippen LogP contribution is -2.32. The first-order valence-corrected chi connectivity index (χ1v) is 9.06. The van der Waals surface area contributed by atoms with Gasteiger partial charge in [0.1, 0.15) is 0 Å². The van der Waals surface area contributed by atoms with E-state index in [-0.39, 0.29) is 11.4 Å². The van der Waals surface area contributed by atoms with Crippen LogP contribution >= 0.6 is 0 Å². The molecule has 1 aliphatic rings. The average molecular weight is 344 g/mol. The van der Waals surface area contributed by atoms with Crippen molar-refractivity contribution in [2.45, 2.75) is 46.6 Å². The van der Waals surface area contributed by atoms with Crippen LogP contribution < -0.4 is 4.90 Å². The molecule has 0 aliphatic carbocycles. The van der Waals surface area contributed by atoms with E-state index in [9.17, 15) is 14.7 Å². The molecule has 25 heavy (non-hydrogen) atoms. The number of carbonyl (C=O) groups is 2. The molecule has 1 heterocycles. The number of ketones is 1. The Morgan fingerprint density at radius 1 is 1.16 bits per heavy atom. The van der Waals surface area contributed by atoms with Crippen LogP contribution in [0.25, 0.3) is 0 Å². The number of hydrogen-bond donors (Lipinski definition) is 1. The van der Waals surface area contributed by atoms with Crippen LogP contribution in [0.1, 0.15) is 52.1 Å². The second-order valence-corrected chi connectivity index (χ2v) is 6.34. The second-order valence-electron chi connectivity index (χ2n) is 6.34. The lowest BCUT2D eigenvalue weighted by molar-refractivity contribution is -0.129. The quantitative estimate of drug-likeness (QED) is 0.782. The van der Waals surface area contributed by atoms with Crippen LogP contribution in [0.4, 0.5) is 5.69 Å². The minimum Gasteiger partial charge on any atom is -0.503 e. The molecule has 0 spiro atoms. The molecule has 0 radical (unpaired) electrons. The van der Waals surface area contributed by atoms with Crippen molar-refractivity contribution < 1.29 is 14.7 Å². The molecule has 1 N–H and O–H groups in total. The molecule has 0 saturated heterocycles. The Kier molecular flexibility index (Phi) is 6.23. The molecule has 1 unspecified atom stereocenters. The van der Waals surface area contributed by atoms with E-state index in [4.69, 9.17) is 0 Å². The van der Waals surface area contributed by atoms with Gasteiger partial charge in [-0.15, -0.1) is 0 Å². The Balaban J connectivity index is 2.40. The van der Waals surface area contributed by atoms with E-state index in [0.717, 1.165) is 37.2 Å². The fourth-order valence-corrected chi connectivity index (χ4v) is 3.37. The molecular formula is C20H28N2O3. The number of unbranched alkanes of at least 4 members (excludes halogenated alkanes) is 1. The van der Waals surface area contributed by atoms with Crippen molar-refractivity contribution in [2.24, 2.45) is 0 Å². The molecule has 0 bridgehead atoms. The summed E-state index contributed by atoms with van der Waals surface area (Å²) < 4.78 is 0. The summed E-state index contributed by atoms with van der Waals surface area (Å²) in [4.78, 5) is 28.3. The Morgan fingerprint density at radius 3 is 2.24 bits per heavy atom. The van der Waals surface area contributed by atoms with Gasteiger partial charge in [0, 0.05) is 25.3 Å². The summed E-state index contributed by atoms with van der Waals surface area (Å²) in [7, 11) is 0. The average Bonchev–Trinajstić information content (AvgIpc) is 2.86. The largest absolute Gasteiger partial charge is 0.503 e. The minimum atomic E-state index is -0.498. The second kappa shape index (κ2) is 8.19. The number of amides is 1. The van der Waals surface area contributed by atoms with Crippen molar-refractivity contribution in [3.05, 3.63) is 41.2 Å². The van der Waals surface area contributed by atoms with Gasteiger partial charge in [-0.3, -0.25) is 9.59 Å². The smallest absolute Gasteiger partial charge is 0.290 e. The summed E-state index contributed by atoms with van der Waals surface area (Å²) in [6.45, 7) is 10.0. The molecule has 136 valence electrons. The van der Waals surface area contributed by atoms with Crippen LogP contribution in [-0.4, -0.2) is 41.3 Å². The number of nitrogens with zero attached hydrogens (tertiary/aromatic N) is 2. The highest BCUT2D eigenvalue weighted by molar-refractivity contribution is 6.08. The van der Waals surface area contributed by atoms with E-state index in [1.54, 1.807) is 4.90 Å². The van der Waals surface area contributed by atoms with Gasteiger partial charge in [0.2, 0.25) is 0 Å². The van der Waals surface area contributed by atoms with Crippen LogP contribution in [0.2, 0.25) is 0 Å². The predicted molar refractivity (Wildman–Crippen MR) is 99.7 cm³/mol. The van der Waals surface area contributed by atoms with Crippen molar-refractivity contribution in [3.8, 4) is 0 Å². The van der Waals surface area contributed by atoms with Crippen LogP contribution in [0.15, 0.2) is 35.6 Å². The summed E-state index contributed by atoms with van der Waals surface area (Å²) in [5.41, 5.74) is 2.17. The Labute approximate surface area is 149 Å². The van der Waals surface area contributed by atoms with E-state index in [1.165, 1.54) is 6.92 Å². The fourth-order valence-electron chi connectivity index (χ4n) is 3.37. The standard InChI is InChI=1S/C20H28N2O3/c1-5-8-13-22-18(17(14(4)23)19(24)20(22)25)15-9-11-16(12-10-15)21(6-2)7-3/h9-12,18,24H,5-8,13H2,1-4H3. The van der Waals surface area contributed by atoms with Crippen molar-refractivity contribution in [1.82, 2.24) is 4.90 Å². The zero-order chi connectivity index (χ0) is 18.6. The maximum atomic E-state index is 12.4. The third kappa shape index (κ3) is 3.70. The van der Waals surface area contributed by atoms with Gasteiger partial charge in [0.05, 0.1) is 11.6 Å². The van der Waals surface area contributed by atoms with Crippen LogP contribution in [-0.2, 0) is 9.59 Å². The van der Waals surface area contributed by atoms with E-state index < -0.39 is 17.7 Å². The van der Waals surface area contributed by atoms with E-state index >= 15 is 0 Å². The first-order chi connectivity index (χ1) is 12.0. The summed E-state index contributed by atoms with van der Waals surface area (Å²) in [5.74, 6) is -1.11. The summed E-state index contributed by atoms with van der Waals surface area (Å²) in [5, 5.41) is 10.2. The van der Waals surface area contributed by atoms with Gasteiger partial charge in [-0.25, -0.2) is 0 Å². The topological polar surface area (TPSA) is 60.9 Å². The third-order valence-corrected chi connectivity index (χ3v) is 4.77. The number of anilines is 1. The molecule has 1 amide bonds. The number of rotatable bonds is 8. The van der Waals surface area contributed by atoms with E-state index in [1.807, 2.05) is 31.2 Å². The lowest BCUT2D eigenvalue weighted by Gasteiger charge is -2.27. The Bertz CT molecular complexity index is 660. The van der Waals surface area contributed by atoms with Crippen molar-refractivity contribution in [3.63, 3.8) is 0 Å². The highest BCUT2D eigenvalue weighted by Crippen LogP contribution is 2.38. The SMILES string of the molecule is CCCCN1C(=O)C(O)=C(C(C)=O)C1c1ccc(N(CC)CC)cc1. The van der Waals surface area contributed by atoms with Gasteiger partial charge < -0.3 is 14.9 Å². The molecule has 5 heteroatoms. The highest BCUT2D eigenvalue weighted by atomic mass is 16.3. The summed E-state index contributed by atoms with van der Waals surface area (Å²) in [6, 6.07) is 7.43. The molecule has 1 aliphatic heterocycles. The number of carbonyl (C=O) groups excluding carboxylic acids is 2. The van der Waals surface area contributed by atoms with Gasteiger partial charge in [-0.1, -0.05) is 25.5 Å². The number of benzene rings is 1. The third-order valence-electron chi connectivity index (χ3n) is 4.77.